The molecule has 0 N–H and O–H groups in total. The summed E-state index contributed by atoms with van der Waals surface area (Å²) >= 11 is 0. The fraction of sp³-hybridized carbons (Fsp3) is 0.115. The summed E-state index contributed by atoms with van der Waals surface area (Å²) in [5, 5.41) is 4.49. The summed E-state index contributed by atoms with van der Waals surface area (Å²) in [5.41, 5.74) is 4.82. The van der Waals surface area contributed by atoms with Crippen LogP contribution in [0.4, 0.5) is 0 Å². The number of hydrogen-bond acceptors (Lipinski definition) is 3. The van der Waals surface area contributed by atoms with Crippen molar-refractivity contribution in [1.29, 1.82) is 0 Å². The van der Waals surface area contributed by atoms with Gasteiger partial charge in [0, 0.05) is 37.2 Å². The molecule has 0 aliphatic rings. The van der Waals surface area contributed by atoms with Crippen molar-refractivity contribution in [1.82, 2.24) is 24.1 Å². The molecule has 1 amide bonds. The lowest BCUT2D eigenvalue weighted by Gasteiger charge is -2.21. The van der Waals surface area contributed by atoms with E-state index in [1.165, 1.54) is 0 Å². The van der Waals surface area contributed by atoms with Crippen molar-refractivity contribution in [3.8, 4) is 16.9 Å². The molecule has 0 bridgehead atoms. The maximum absolute atomic E-state index is 13.4. The molecule has 158 valence electrons. The number of pyridine rings is 2. The van der Waals surface area contributed by atoms with E-state index in [1.54, 1.807) is 29.3 Å². The molecule has 0 atom stereocenters. The zero-order valence-corrected chi connectivity index (χ0v) is 17.8. The average molecular weight is 422 g/mol. The monoisotopic (exact) mass is 421 g/mol. The van der Waals surface area contributed by atoms with Gasteiger partial charge in [-0.3, -0.25) is 9.78 Å². The molecular formula is C26H23N5O. The fourth-order valence-electron chi connectivity index (χ4n) is 3.92. The molecule has 0 aliphatic heterocycles. The van der Waals surface area contributed by atoms with Crippen molar-refractivity contribution in [2.75, 3.05) is 6.54 Å². The molecule has 5 rings (SSSR count). The van der Waals surface area contributed by atoms with E-state index in [9.17, 15) is 4.79 Å². The van der Waals surface area contributed by atoms with Crippen LogP contribution in [0.3, 0.4) is 0 Å². The molecule has 5 aromatic rings. The first-order valence-electron chi connectivity index (χ1n) is 10.6. The Morgan fingerprint density at radius 2 is 1.66 bits per heavy atom. The van der Waals surface area contributed by atoms with E-state index in [1.807, 2.05) is 66.4 Å². The second kappa shape index (κ2) is 8.51. The number of benzene rings is 1. The van der Waals surface area contributed by atoms with Crippen LogP contribution in [-0.4, -0.2) is 36.5 Å². The molecule has 0 saturated carbocycles. The summed E-state index contributed by atoms with van der Waals surface area (Å²) < 4.78 is 3.78. The average Bonchev–Trinajstić information content (AvgIpc) is 3.50. The maximum atomic E-state index is 13.4. The van der Waals surface area contributed by atoms with Gasteiger partial charge >= 0.3 is 0 Å². The van der Waals surface area contributed by atoms with E-state index in [2.05, 4.69) is 32.8 Å². The van der Waals surface area contributed by atoms with Gasteiger partial charge in [-0.2, -0.15) is 5.10 Å². The number of rotatable bonds is 6. The van der Waals surface area contributed by atoms with Crippen molar-refractivity contribution in [2.24, 2.45) is 0 Å². The van der Waals surface area contributed by atoms with Crippen molar-refractivity contribution in [3.63, 3.8) is 0 Å². The fourth-order valence-corrected chi connectivity index (χ4v) is 3.92. The van der Waals surface area contributed by atoms with E-state index < -0.39 is 0 Å². The molecule has 4 aromatic heterocycles. The molecule has 4 heterocycles. The highest BCUT2D eigenvalue weighted by atomic mass is 16.2. The highest BCUT2D eigenvalue weighted by molar-refractivity contribution is 5.93. The van der Waals surface area contributed by atoms with Gasteiger partial charge in [0.25, 0.3) is 5.91 Å². The highest BCUT2D eigenvalue weighted by Gasteiger charge is 2.21. The van der Waals surface area contributed by atoms with E-state index in [4.69, 9.17) is 0 Å². The van der Waals surface area contributed by atoms with Crippen LogP contribution in [0.5, 0.6) is 0 Å². The van der Waals surface area contributed by atoms with E-state index in [0.29, 0.717) is 18.8 Å². The third-order valence-corrected chi connectivity index (χ3v) is 5.61. The zero-order valence-electron chi connectivity index (χ0n) is 17.8. The maximum Gasteiger partial charge on any atom is 0.272 e. The Balaban J connectivity index is 1.52. The van der Waals surface area contributed by atoms with Crippen LogP contribution in [0, 0.1) is 0 Å². The number of fused-ring (bicyclic) bond motifs is 1. The highest BCUT2D eigenvalue weighted by Crippen LogP contribution is 2.23. The Labute approximate surface area is 186 Å². The lowest BCUT2D eigenvalue weighted by atomic mass is 10.1. The topological polar surface area (TPSA) is 55.4 Å². The third-order valence-electron chi connectivity index (χ3n) is 5.61. The summed E-state index contributed by atoms with van der Waals surface area (Å²) in [6.07, 6.45) is 7.31. The molecular weight excluding hydrogens is 398 g/mol. The Kier molecular flexibility index (Phi) is 5.25. The van der Waals surface area contributed by atoms with E-state index in [-0.39, 0.29) is 5.91 Å². The summed E-state index contributed by atoms with van der Waals surface area (Å²) in [7, 11) is 0. The second-order valence-electron chi connectivity index (χ2n) is 7.57. The van der Waals surface area contributed by atoms with Gasteiger partial charge in [0.05, 0.1) is 6.20 Å². The number of hydrogen-bond donors (Lipinski definition) is 0. The molecule has 1 aromatic carbocycles. The first-order valence-corrected chi connectivity index (χ1v) is 10.6. The van der Waals surface area contributed by atoms with Crippen LogP contribution in [0.2, 0.25) is 0 Å². The van der Waals surface area contributed by atoms with Gasteiger partial charge in [-0.25, -0.2) is 4.68 Å². The largest absolute Gasteiger partial charge is 0.333 e. The minimum atomic E-state index is -0.0471. The summed E-state index contributed by atoms with van der Waals surface area (Å²) in [6.45, 7) is 3.16. The molecule has 0 saturated heterocycles. The predicted molar refractivity (Wildman–Crippen MR) is 125 cm³/mol. The molecule has 6 heteroatoms. The lowest BCUT2D eigenvalue weighted by molar-refractivity contribution is 0.0743. The first kappa shape index (κ1) is 19.8. The van der Waals surface area contributed by atoms with Gasteiger partial charge in [0.2, 0.25) is 0 Å². The van der Waals surface area contributed by atoms with Crippen LogP contribution in [0.1, 0.15) is 23.0 Å². The summed E-state index contributed by atoms with van der Waals surface area (Å²) in [6, 6.07) is 24.0. The third kappa shape index (κ3) is 3.67. The van der Waals surface area contributed by atoms with Crippen LogP contribution >= 0.6 is 0 Å². The van der Waals surface area contributed by atoms with Crippen LogP contribution < -0.4 is 0 Å². The van der Waals surface area contributed by atoms with Crippen molar-refractivity contribution in [3.05, 3.63) is 109 Å². The Morgan fingerprint density at radius 1 is 0.875 bits per heavy atom. The van der Waals surface area contributed by atoms with Crippen molar-refractivity contribution in [2.45, 2.75) is 13.5 Å². The molecule has 32 heavy (non-hydrogen) atoms. The molecule has 0 radical (unpaired) electrons. The van der Waals surface area contributed by atoms with E-state index in [0.717, 1.165) is 28.0 Å². The quantitative estimate of drug-likeness (QED) is 0.394. The van der Waals surface area contributed by atoms with Gasteiger partial charge in [0.15, 0.2) is 0 Å². The van der Waals surface area contributed by atoms with Gasteiger partial charge in [-0.15, -0.1) is 0 Å². The molecule has 0 spiro atoms. The number of nitrogens with zero attached hydrogens (tertiary/aromatic N) is 5. The first-order chi connectivity index (χ1) is 15.7. The molecule has 0 aliphatic carbocycles. The standard InChI is InChI=1S/C26H23N5O/c1-2-29(18-20-6-4-3-5-7-20)26(32)24-14-17-28-31(24)25-11-10-23-9-8-22(19-30(23)25)21-12-15-27-16-13-21/h3-17,19H,2,18H2,1H3. The lowest BCUT2D eigenvalue weighted by Crippen LogP contribution is -2.32. The Bertz CT molecular complexity index is 1360. The predicted octanol–water partition coefficient (Wildman–Crippen LogP) is 4.85. The van der Waals surface area contributed by atoms with Crippen LogP contribution in [0.15, 0.2) is 97.6 Å². The van der Waals surface area contributed by atoms with Gasteiger partial charge in [-0.05, 0) is 60.0 Å². The molecule has 6 nitrogen and oxygen atoms in total. The smallest absolute Gasteiger partial charge is 0.272 e. The van der Waals surface area contributed by atoms with Gasteiger partial charge in [-0.1, -0.05) is 36.4 Å². The molecule has 0 fully saturated rings. The van der Waals surface area contributed by atoms with Crippen LogP contribution in [-0.2, 0) is 6.54 Å². The van der Waals surface area contributed by atoms with Crippen molar-refractivity contribution >= 4 is 11.4 Å². The number of amides is 1. The number of carbonyl (C=O) groups is 1. The SMILES string of the molecule is CCN(Cc1ccccc1)C(=O)c1ccnn1-c1ccc2ccc(-c3ccncc3)cn12. The second-order valence-corrected chi connectivity index (χ2v) is 7.57. The number of aromatic nitrogens is 4. The zero-order chi connectivity index (χ0) is 21.9. The van der Waals surface area contributed by atoms with Gasteiger partial charge in [0.1, 0.15) is 11.5 Å². The minimum Gasteiger partial charge on any atom is -0.333 e. The summed E-state index contributed by atoms with van der Waals surface area (Å²) in [4.78, 5) is 19.4. The number of carbonyl (C=O) groups excluding carboxylic acids is 1. The van der Waals surface area contributed by atoms with Crippen LogP contribution in [0.25, 0.3) is 22.5 Å². The minimum absolute atomic E-state index is 0.0471. The Morgan fingerprint density at radius 3 is 2.44 bits per heavy atom. The summed E-state index contributed by atoms with van der Waals surface area (Å²) in [5.74, 6) is 0.772. The normalized spacial score (nSPS) is 11.0. The van der Waals surface area contributed by atoms with E-state index >= 15 is 0 Å². The van der Waals surface area contributed by atoms with Gasteiger partial charge < -0.3 is 9.30 Å². The molecule has 0 unspecified atom stereocenters. The van der Waals surface area contributed by atoms with Crippen molar-refractivity contribution < 1.29 is 4.79 Å². The Hall–Kier alpha value is -4.19.